The van der Waals surface area contributed by atoms with Crippen molar-refractivity contribution < 1.29 is 0 Å². The van der Waals surface area contributed by atoms with Crippen LogP contribution in [0.3, 0.4) is 0 Å². The van der Waals surface area contributed by atoms with E-state index in [1.807, 2.05) is 14.0 Å². The summed E-state index contributed by atoms with van der Waals surface area (Å²) in [5.74, 6) is 0. The van der Waals surface area contributed by atoms with E-state index in [9.17, 15) is 0 Å². The van der Waals surface area contributed by atoms with Crippen LogP contribution < -0.4 is 5.32 Å². The van der Waals surface area contributed by atoms with Crippen LogP contribution in [0, 0.1) is 13.8 Å². The van der Waals surface area contributed by atoms with E-state index in [1.54, 1.807) is 0 Å². The fourth-order valence-electron chi connectivity index (χ4n) is 1.92. The van der Waals surface area contributed by atoms with E-state index in [1.165, 1.54) is 16.5 Å². The van der Waals surface area contributed by atoms with E-state index in [4.69, 9.17) is 0 Å². The minimum Gasteiger partial charge on any atom is -0.316 e. The van der Waals surface area contributed by atoms with Gasteiger partial charge in [0.25, 0.3) is 0 Å². The van der Waals surface area contributed by atoms with Gasteiger partial charge in [-0.25, -0.2) is 0 Å². The molecule has 0 aliphatic rings. The van der Waals surface area contributed by atoms with E-state index in [0.717, 1.165) is 17.8 Å². The second-order valence-corrected chi connectivity index (χ2v) is 3.96. The molecule has 0 amide bonds. The molecule has 0 aliphatic carbocycles. The number of benzene rings is 1. The summed E-state index contributed by atoms with van der Waals surface area (Å²) in [6, 6.07) is 8.58. The third kappa shape index (κ3) is 2.00. The summed E-state index contributed by atoms with van der Waals surface area (Å²) < 4.78 is 0. The lowest BCUT2D eigenvalue weighted by Gasteiger charge is -2.06. The van der Waals surface area contributed by atoms with Crippen LogP contribution in [0.4, 0.5) is 0 Å². The van der Waals surface area contributed by atoms with Gasteiger partial charge in [0.1, 0.15) is 0 Å². The van der Waals surface area contributed by atoms with Gasteiger partial charge in [0.2, 0.25) is 0 Å². The Morgan fingerprint density at radius 3 is 2.73 bits per heavy atom. The zero-order valence-electron chi connectivity index (χ0n) is 9.46. The second kappa shape index (κ2) is 3.99. The highest BCUT2D eigenvalue weighted by Gasteiger charge is 2.01. The summed E-state index contributed by atoms with van der Waals surface area (Å²) in [7, 11) is 1.96. The number of hydrogen-bond donors (Lipinski definition) is 1. The lowest BCUT2D eigenvalue weighted by molar-refractivity contribution is 0.819. The van der Waals surface area contributed by atoms with Gasteiger partial charge in [0, 0.05) is 17.6 Å². The number of pyridine rings is 1. The van der Waals surface area contributed by atoms with Crippen molar-refractivity contribution >= 4 is 10.9 Å². The van der Waals surface area contributed by atoms with Gasteiger partial charge in [0.05, 0.1) is 5.52 Å². The first kappa shape index (κ1) is 10.1. The Labute approximate surface area is 90.3 Å². The van der Waals surface area contributed by atoms with Crippen LogP contribution in [0.2, 0.25) is 0 Å². The minimum atomic E-state index is 0.906. The smallest absolute Gasteiger partial charge is 0.0708 e. The molecule has 2 rings (SSSR count). The Balaban J connectivity index is 2.60. The molecule has 1 heterocycles. The fourth-order valence-corrected chi connectivity index (χ4v) is 1.92. The van der Waals surface area contributed by atoms with Gasteiger partial charge < -0.3 is 5.32 Å². The summed E-state index contributed by atoms with van der Waals surface area (Å²) in [4.78, 5) is 4.52. The molecule has 1 aromatic carbocycles. The van der Waals surface area contributed by atoms with Gasteiger partial charge in [-0.15, -0.1) is 0 Å². The van der Waals surface area contributed by atoms with Crippen molar-refractivity contribution in [1.29, 1.82) is 0 Å². The van der Waals surface area contributed by atoms with Crippen molar-refractivity contribution in [3.05, 3.63) is 41.1 Å². The summed E-state index contributed by atoms with van der Waals surface area (Å²) in [6.45, 7) is 5.08. The molecule has 15 heavy (non-hydrogen) atoms. The van der Waals surface area contributed by atoms with Gasteiger partial charge in [-0.1, -0.05) is 6.07 Å². The zero-order valence-corrected chi connectivity index (χ0v) is 9.46. The molecule has 2 aromatic rings. The van der Waals surface area contributed by atoms with Crippen LogP contribution in [0.25, 0.3) is 10.9 Å². The quantitative estimate of drug-likeness (QED) is 0.806. The molecule has 1 N–H and O–H groups in total. The molecule has 0 fully saturated rings. The first-order valence-corrected chi connectivity index (χ1v) is 5.22. The molecule has 2 nitrogen and oxygen atoms in total. The molecule has 0 bridgehead atoms. The predicted molar refractivity (Wildman–Crippen MR) is 64.0 cm³/mol. The maximum absolute atomic E-state index is 4.52. The number of rotatable bonds is 2. The molecule has 0 unspecified atom stereocenters. The second-order valence-electron chi connectivity index (χ2n) is 3.96. The number of hydrogen-bond acceptors (Lipinski definition) is 2. The fraction of sp³-hybridized carbons (Fsp3) is 0.308. The average Bonchev–Trinajstić information content (AvgIpc) is 2.19. The zero-order chi connectivity index (χ0) is 10.8. The number of nitrogens with zero attached hydrogens (tertiary/aromatic N) is 1. The number of nitrogens with one attached hydrogen (secondary N) is 1. The lowest BCUT2D eigenvalue weighted by Crippen LogP contribution is -2.04. The molecule has 0 saturated heterocycles. The number of aromatic nitrogens is 1. The van der Waals surface area contributed by atoms with E-state index in [-0.39, 0.29) is 0 Å². The largest absolute Gasteiger partial charge is 0.316 e. The Morgan fingerprint density at radius 2 is 2.00 bits per heavy atom. The predicted octanol–water partition coefficient (Wildman–Crippen LogP) is 2.57. The summed E-state index contributed by atoms with van der Waals surface area (Å²) in [5.41, 5.74) is 4.78. The molecule has 0 radical (unpaired) electrons. The third-order valence-electron chi connectivity index (χ3n) is 2.59. The van der Waals surface area contributed by atoms with E-state index >= 15 is 0 Å². The van der Waals surface area contributed by atoms with Gasteiger partial charge in [-0.05, 0) is 50.2 Å². The molecule has 78 valence electrons. The van der Waals surface area contributed by atoms with Crippen molar-refractivity contribution in [2.24, 2.45) is 0 Å². The van der Waals surface area contributed by atoms with Gasteiger partial charge in [0.15, 0.2) is 0 Å². The topological polar surface area (TPSA) is 24.9 Å². The van der Waals surface area contributed by atoms with Crippen LogP contribution in [0.15, 0.2) is 24.3 Å². The van der Waals surface area contributed by atoms with Crippen molar-refractivity contribution in [3.63, 3.8) is 0 Å². The van der Waals surface area contributed by atoms with E-state index < -0.39 is 0 Å². The summed E-state index contributed by atoms with van der Waals surface area (Å²) in [6.07, 6.45) is 0. The Bertz CT molecular complexity index is 489. The van der Waals surface area contributed by atoms with Crippen molar-refractivity contribution in [2.75, 3.05) is 7.05 Å². The van der Waals surface area contributed by atoms with Crippen LogP contribution >= 0.6 is 0 Å². The normalized spacial score (nSPS) is 10.9. The first-order valence-electron chi connectivity index (χ1n) is 5.22. The van der Waals surface area contributed by atoms with Gasteiger partial charge in [-0.3, -0.25) is 4.98 Å². The summed E-state index contributed by atoms with van der Waals surface area (Å²) >= 11 is 0. The molecular formula is C13H16N2. The molecule has 0 atom stereocenters. The first-order chi connectivity index (χ1) is 7.20. The Hall–Kier alpha value is -1.41. The maximum atomic E-state index is 4.52. The molecule has 0 saturated carbocycles. The molecule has 1 aromatic heterocycles. The molecule has 0 aliphatic heterocycles. The standard InChI is InChI=1S/C13H16N2/c1-9-6-10(2)15-13-5-4-11(8-14-3)7-12(9)13/h4-7,14H,8H2,1-3H3. The highest BCUT2D eigenvalue weighted by atomic mass is 14.8. The maximum Gasteiger partial charge on any atom is 0.0708 e. The Morgan fingerprint density at radius 1 is 1.20 bits per heavy atom. The van der Waals surface area contributed by atoms with Crippen LogP contribution in [0.5, 0.6) is 0 Å². The van der Waals surface area contributed by atoms with Crippen LogP contribution in [0.1, 0.15) is 16.8 Å². The highest BCUT2D eigenvalue weighted by molar-refractivity contribution is 5.82. The number of aryl methyl sites for hydroxylation is 2. The summed E-state index contributed by atoms with van der Waals surface area (Å²) in [5, 5.41) is 4.42. The molecule has 0 spiro atoms. The van der Waals surface area contributed by atoms with Crippen LogP contribution in [-0.2, 0) is 6.54 Å². The van der Waals surface area contributed by atoms with Gasteiger partial charge >= 0.3 is 0 Å². The van der Waals surface area contributed by atoms with Crippen LogP contribution in [-0.4, -0.2) is 12.0 Å². The lowest BCUT2D eigenvalue weighted by atomic mass is 10.1. The SMILES string of the molecule is CNCc1ccc2nc(C)cc(C)c2c1. The molecule has 2 heteroatoms. The number of fused-ring (bicyclic) bond motifs is 1. The average molecular weight is 200 g/mol. The Kier molecular flexibility index (Phi) is 2.69. The van der Waals surface area contributed by atoms with E-state index in [2.05, 4.69) is 41.5 Å². The monoisotopic (exact) mass is 200 g/mol. The van der Waals surface area contributed by atoms with Gasteiger partial charge in [-0.2, -0.15) is 0 Å². The van der Waals surface area contributed by atoms with Crippen molar-refractivity contribution in [1.82, 2.24) is 10.3 Å². The van der Waals surface area contributed by atoms with E-state index in [0.29, 0.717) is 0 Å². The minimum absolute atomic E-state index is 0.906. The van der Waals surface area contributed by atoms with Crippen molar-refractivity contribution in [3.8, 4) is 0 Å². The van der Waals surface area contributed by atoms with Crippen molar-refractivity contribution in [2.45, 2.75) is 20.4 Å². The highest BCUT2D eigenvalue weighted by Crippen LogP contribution is 2.19. The molecular weight excluding hydrogens is 184 g/mol. The third-order valence-corrected chi connectivity index (χ3v) is 2.59.